The summed E-state index contributed by atoms with van der Waals surface area (Å²) >= 11 is 0. The fourth-order valence-electron chi connectivity index (χ4n) is 1.58. The third-order valence-electron chi connectivity index (χ3n) is 2.44. The van der Waals surface area contributed by atoms with Crippen LogP contribution in [0.1, 0.15) is 22.8 Å². The number of halogens is 1. The molecule has 1 aromatic carbocycles. The van der Waals surface area contributed by atoms with Crippen molar-refractivity contribution in [3.05, 3.63) is 59.7 Å². The lowest BCUT2D eigenvalue weighted by Crippen LogP contribution is -2.04. The van der Waals surface area contributed by atoms with Gasteiger partial charge in [-0.25, -0.2) is 4.39 Å². The van der Waals surface area contributed by atoms with Crippen molar-refractivity contribution in [3.63, 3.8) is 0 Å². The van der Waals surface area contributed by atoms with Crippen molar-refractivity contribution in [1.82, 2.24) is 4.98 Å². The number of carbonyl (C=O) groups excluding carboxylic acids is 1. The molecule has 0 aliphatic carbocycles. The van der Waals surface area contributed by atoms with Gasteiger partial charge in [0.05, 0.1) is 18.4 Å². The average Bonchev–Trinajstić information content (AvgIpc) is 2.40. The molecule has 0 radical (unpaired) electrons. The van der Waals surface area contributed by atoms with Crippen LogP contribution < -0.4 is 4.74 Å². The SMILES string of the molecule is CCOc1ccc(C(=O)c2ccncc2F)cc1. The zero-order valence-electron chi connectivity index (χ0n) is 9.89. The van der Waals surface area contributed by atoms with Crippen molar-refractivity contribution >= 4 is 5.78 Å². The second-order valence-corrected chi connectivity index (χ2v) is 3.64. The number of hydrogen-bond acceptors (Lipinski definition) is 3. The van der Waals surface area contributed by atoms with Gasteiger partial charge in [0.1, 0.15) is 5.75 Å². The third kappa shape index (κ3) is 2.53. The first-order valence-corrected chi connectivity index (χ1v) is 5.59. The van der Waals surface area contributed by atoms with E-state index in [9.17, 15) is 9.18 Å². The standard InChI is InChI=1S/C14H12FNO2/c1-2-18-11-5-3-10(4-6-11)14(17)12-7-8-16-9-13(12)15/h3-9H,2H2,1H3. The van der Waals surface area contributed by atoms with E-state index < -0.39 is 5.82 Å². The normalized spacial score (nSPS) is 10.1. The van der Waals surface area contributed by atoms with Gasteiger partial charge in [0.15, 0.2) is 11.6 Å². The summed E-state index contributed by atoms with van der Waals surface area (Å²) in [4.78, 5) is 15.6. The largest absolute Gasteiger partial charge is 0.494 e. The summed E-state index contributed by atoms with van der Waals surface area (Å²) in [5.41, 5.74) is 0.442. The molecular formula is C14H12FNO2. The lowest BCUT2D eigenvalue weighted by atomic mass is 10.0. The lowest BCUT2D eigenvalue weighted by Gasteiger charge is -2.05. The van der Waals surface area contributed by atoms with E-state index in [1.807, 2.05) is 6.92 Å². The lowest BCUT2D eigenvalue weighted by molar-refractivity contribution is 0.103. The molecule has 1 heterocycles. The fraction of sp³-hybridized carbons (Fsp3) is 0.143. The quantitative estimate of drug-likeness (QED) is 0.777. The van der Waals surface area contributed by atoms with Crippen LogP contribution in [0, 0.1) is 5.82 Å². The van der Waals surface area contributed by atoms with Crippen molar-refractivity contribution in [1.29, 1.82) is 0 Å². The number of ketones is 1. The molecule has 0 bridgehead atoms. The van der Waals surface area contributed by atoms with Crippen LogP contribution in [0.15, 0.2) is 42.7 Å². The third-order valence-corrected chi connectivity index (χ3v) is 2.44. The number of pyridine rings is 1. The van der Waals surface area contributed by atoms with Crippen LogP contribution in [-0.4, -0.2) is 17.4 Å². The highest BCUT2D eigenvalue weighted by atomic mass is 19.1. The average molecular weight is 245 g/mol. The molecule has 92 valence electrons. The minimum atomic E-state index is -0.614. The summed E-state index contributed by atoms with van der Waals surface area (Å²) in [7, 11) is 0. The zero-order chi connectivity index (χ0) is 13.0. The van der Waals surface area contributed by atoms with E-state index >= 15 is 0 Å². The summed E-state index contributed by atoms with van der Waals surface area (Å²) in [6, 6.07) is 7.99. The molecule has 18 heavy (non-hydrogen) atoms. The van der Waals surface area contributed by atoms with Gasteiger partial charge in [-0.05, 0) is 37.3 Å². The number of ether oxygens (including phenoxy) is 1. The molecule has 0 saturated heterocycles. The molecule has 0 unspecified atom stereocenters. The van der Waals surface area contributed by atoms with Gasteiger partial charge in [0.2, 0.25) is 0 Å². The highest BCUT2D eigenvalue weighted by Crippen LogP contribution is 2.16. The summed E-state index contributed by atoms with van der Waals surface area (Å²) in [6.07, 6.45) is 2.42. The van der Waals surface area contributed by atoms with Gasteiger partial charge >= 0.3 is 0 Å². The Hall–Kier alpha value is -2.23. The zero-order valence-corrected chi connectivity index (χ0v) is 9.89. The Morgan fingerprint density at radius 2 is 2.00 bits per heavy atom. The van der Waals surface area contributed by atoms with Gasteiger partial charge in [-0.2, -0.15) is 0 Å². The molecule has 2 rings (SSSR count). The van der Waals surface area contributed by atoms with Crippen LogP contribution in [0.5, 0.6) is 5.75 Å². The maximum absolute atomic E-state index is 13.4. The van der Waals surface area contributed by atoms with Crippen LogP contribution in [0.25, 0.3) is 0 Å². The van der Waals surface area contributed by atoms with Crippen molar-refractivity contribution in [2.24, 2.45) is 0 Å². The van der Waals surface area contributed by atoms with Gasteiger partial charge in [-0.15, -0.1) is 0 Å². The highest BCUT2D eigenvalue weighted by molar-refractivity contribution is 6.09. The molecule has 0 N–H and O–H groups in total. The number of hydrogen-bond donors (Lipinski definition) is 0. The molecule has 0 aliphatic rings. The van der Waals surface area contributed by atoms with Crippen LogP contribution >= 0.6 is 0 Å². The minimum Gasteiger partial charge on any atom is -0.494 e. The number of carbonyl (C=O) groups is 1. The molecule has 0 aliphatic heterocycles. The Kier molecular flexibility index (Phi) is 3.67. The summed E-state index contributed by atoms with van der Waals surface area (Å²) < 4.78 is 18.7. The van der Waals surface area contributed by atoms with Crippen molar-refractivity contribution in [2.75, 3.05) is 6.61 Å². The van der Waals surface area contributed by atoms with Crippen molar-refractivity contribution in [3.8, 4) is 5.75 Å². The Labute approximate surface area is 104 Å². The number of rotatable bonds is 4. The maximum Gasteiger partial charge on any atom is 0.196 e. The van der Waals surface area contributed by atoms with E-state index in [0.717, 1.165) is 6.20 Å². The maximum atomic E-state index is 13.4. The fourth-order valence-corrected chi connectivity index (χ4v) is 1.58. The smallest absolute Gasteiger partial charge is 0.196 e. The molecule has 0 amide bonds. The second-order valence-electron chi connectivity index (χ2n) is 3.64. The predicted molar refractivity (Wildman–Crippen MR) is 65.2 cm³/mol. The Bertz CT molecular complexity index is 552. The number of aromatic nitrogens is 1. The van der Waals surface area contributed by atoms with Crippen LogP contribution in [0.4, 0.5) is 4.39 Å². The molecule has 0 saturated carbocycles. The van der Waals surface area contributed by atoms with E-state index in [1.165, 1.54) is 12.3 Å². The molecule has 2 aromatic rings. The molecule has 0 fully saturated rings. The Balaban J connectivity index is 2.27. The van der Waals surface area contributed by atoms with Crippen molar-refractivity contribution < 1.29 is 13.9 Å². The van der Waals surface area contributed by atoms with E-state index in [-0.39, 0.29) is 11.3 Å². The van der Waals surface area contributed by atoms with E-state index in [4.69, 9.17) is 4.74 Å². The van der Waals surface area contributed by atoms with Gasteiger partial charge < -0.3 is 4.74 Å². The molecule has 0 spiro atoms. The van der Waals surface area contributed by atoms with Gasteiger partial charge in [0.25, 0.3) is 0 Å². The van der Waals surface area contributed by atoms with E-state index in [2.05, 4.69) is 4.98 Å². The van der Waals surface area contributed by atoms with Crippen LogP contribution in [-0.2, 0) is 0 Å². The molecule has 3 nitrogen and oxygen atoms in total. The van der Waals surface area contributed by atoms with Gasteiger partial charge in [0, 0.05) is 11.8 Å². The van der Waals surface area contributed by atoms with Crippen LogP contribution in [0.3, 0.4) is 0 Å². The predicted octanol–water partition coefficient (Wildman–Crippen LogP) is 2.85. The van der Waals surface area contributed by atoms with Gasteiger partial charge in [-0.1, -0.05) is 0 Å². The van der Waals surface area contributed by atoms with Crippen molar-refractivity contribution in [2.45, 2.75) is 6.92 Å². The first-order chi connectivity index (χ1) is 8.72. The summed E-state index contributed by atoms with van der Waals surface area (Å²) in [5.74, 6) is -0.293. The molecule has 4 heteroatoms. The first kappa shape index (κ1) is 12.2. The van der Waals surface area contributed by atoms with E-state index in [0.29, 0.717) is 17.9 Å². The van der Waals surface area contributed by atoms with Crippen LogP contribution in [0.2, 0.25) is 0 Å². The molecule has 1 aromatic heterocycles. The monoisotopic (exact) mass is 245 g/mol. The minimum absolute atomic E-state index is 0.0224. The first-order valence-electron chi connectivity index (χ1n) is 5.59. The molecular weight excluding hydrogens is 233 g/mol. The van der Waals surface area contributed by atoms with E-state index in [1.54, 1.807) is 24.3 Å². The Morgan fingerprint density at radius 3 is 2.61 bits per heavy atom. The number of benzene rings is 1. The molecule has 0 atom stereocenters. The highest BCUT2D eigenvalue weighted by Gasteiger charge is 2.13. The summed E-state index contributed by atoms with van der Waals surface area (Å²) in [5, 5.41) is 0. The topological polar surface area (TPSA) is 39.2 Å². The van der Waals surface area contributed by atoms with Gasteiger partial charge in [-0.3, -0.25) is 9.78 Å². The number of nitrogens with zero attached hydrogens (tertiary/aromatic N) is 1. The second kappa shape index (κ2) is 5.40. The summed E-state index contributed by atoms with van der Waals surface area (Å²) in [6.45, 7) is 2.44. The Morgan fingerprint density at radius 1 is 1.28 bits per heavy atom.